The van der Waals surface area contributed by atoms with E-state index in [1.54, 1.807) is 7.11 Å². The molecule has 0 aliphatic carbocycles. The molecule has 0 fully saturated rings. The maximum absolute atomic E-state index is 11.9. The van der Waals surface area contributed by atoms with E-state index >= 15 is 0 Å². The van der Waals surface area contributed by atoms with E-state index in [4.69, 9.17) is 14.2 Å². The van der Waals surface area contributed by atoms with Crippen LogP contribution in [-0.2, 0) is 16.1 Å². The van der Waals surface area contributed by atoms with E-state index in [0.29, 0.717) is 31.3 Å². The number of nitrogens with one attached hydrogen (secondary N) is 2. The minimum atomic E-state index is -0.277. The molecule has 6 nitrogen and oxygen atoms in total. The molecule has 0 saturated carbocycles. The van der Waals surface area contributed by atoms with Crippen LogP contribution in [0.1, 0.15) is 33.3 Å². The van der Waals surface area contributed by atoms with Crippen LogP contribution in [0.5, 0.6) is 11.5 Å². The minimum absolute atomic E-state index is 0. The summed E-state index contributed by atoms with van der Waals surface area (Å²) in [4.78, 5) is 11.9. The zero-order valence-electron chi connectivity index (χ0n) is 15.8. The number of rotatable bonds is 10. The Kier molecular flexibility index (Phi) is 11.2. The SMILES string of the molecule is CCOc1cc(CNCCOC)ccc1OCC(=O)NC(C)(C)C.Cl. The van der Waals surface area contributed by atoms with Crippen molar-refractivity contribution in [3.8, 4) is 11.5 Å². The molecule has 7 heteroatoms. The maximum Gasteiger partial charge on any atom is 0.258 e. The van der Waals surface area contributed by atoms with Gasteiger partial charge in [-0.1, -0.05) is 6.07 Å². The summed E-state index contributed by atoms with van der Waals surface area (Å²) in [6, 6.07) is 5.72. The lowest BCUT2D eigenvalue weighted by molar-refractivity contribution is -0.124. The Bertz CT molecular complexity index is 518. The van der Waals surface area contributed by atoms with Crippen LogP contribution < -0.4 is 20.1 Å². The van der Waals surface area contributed by atoms with Gasteiger partial charge in [-0.25, -0.2) is 0 Å². The summed E-state index contributed by atoms with van der Waals surface area (Å²) in [5.41, 5.74) is 0.807. The highest BCUT2D eigenvalue weighted by molar-refractivity contribution is 5.85. The van der Waals surface area contributed by atoms with E-state index < -0.39 is 0 Å². The fourth-order valence-corrected chi connectivity index (χ4v) is 2.05. The number of benzene rings is 1. The summed E-state index contributed by atoms with van der Waals surface area (Å²) in [7, 11) is 1.68. The van der Waals surface area contributed by atoms with Gasteiger partial charge in [0.2, 0.25) is 0 Å². The van der Waals surface area contributed by atoms with Gasteiger partial charge in [-0.05, 0) is 45.4 Å². The average Bonchev–Trinajstić information content (AvgIpc) is 2.49. The second-order valence-corrected chi connectivity index (χ2v) is 6.47. The first-order valence-electron chi connectivity index (χ1n) is 8.25. The standard InChI is InChI=1S/C18H30N2O4.ClH/c1-6-23-16-11-14(12-19-9-10-22-5)7-8-15(16)24-13-17(21)20-18(2,3)4;/h7-8,11,19H,6,9-10,12-13H2,1-5H3,(H,20,21);1H. The van der Waals surface area contributed by atoms with Crippen LogP contribution in [0.2, 0.25) is 0 Å². The van der Waals surface area contributed by atoms with E-state index in [2.05, 4.69) is 10.6 Å². The number of amides is 1. The van der Waals surface area contributed by atoms with Gasteiger partial charge >= 0.3 is 0 Å². The second kappa shape index (κ2) is 12.0. The molecule has 1 amide bonds. The zero-order chi connectivity index (χ0) is 18.0. The van der Waals surface area contributed by atoms with Crippen molar-refractivity contribution >= 4 is 18.3 Å². The predicted molar refractivity (Wildman–Crippen MR) is 102 cm³/mol. The van der Waals surface area contributed by atoms with Crippen LogP contribution >= 0.6 is 12.4 Å². The van der Waals surface area contributed by atoms with Gasteiger partial charge < -0.3 is 24.8 Å². The Hall–Kier alpha value is -1.50. The molecule has 1 aromatic carbocycles. The number of halogens is 1. The molecule has 0 spiro atoms. The molecular formula is C18H31ClN2O4. The molecule has 1 aromatic rings. The van der Waals surface area contributed by atoms with Crippen molar-refractivity contribution in [2.24, 2.45) is 0 Å². The molecular weight excluding hydrogens is 344 g/mol. The summed E-state index contributed by atoms with van der Waals surface area (Å²) in [6.45, 7) is 10.4. The molecule has 0 atom stereocenters. The number of methoxy groups -OCH3 is 1. The normalized spacial score (nSPS) is 10.8. The summed E-state index contributed by atoms with van der Waals surface area (Å²) in [6.07, 6.45) is 0. The van der Waals surface area contributed by atoms with Gasteiger partial charge in [0.25, 0.3) is 5.91 Å². The Morgan fingerprint density at radius 2 is 1.88 bits per heavy atom. The molecule has 2 N–H and O–H groups in total. The first kappa shape index (κ1) is 23.5. The van der Waals surface area contributed by atoms with Crippen LogP contribution in [0, 0.1) is 0 Å². The number of ether oxygens (including phenoxy) is 3. The number of carbonyl (C=O) groups is 1. The summed E-state index contributed by atoms with van der Waals surface area (Å²) in [5, 5.41) is 6.15. The Balaban J connectivity index is 0.00000576. The molecule has 0 aliphatic rings. The largest absolute Gasteiger partial charge is 0.490 e. The quantitative estimate of drug-likeness (QED) is 0.616. The Morgan fingerprint density at radius 3 is 2.48 bits per heavy atom. The van der Waals surface area contributed by atoms with Gasteiger partial charge in [0.05, 0.1) is 13.2 Å². The molecule has 0 aromatic heterocycles. The van der Waals surface area contributed by atoms with E-state index in [9.17, 15) is 4.79 Å². The molecule has 144 valence electrons. The summed E-state index contributed by atoms with van der Waals surface area (Å²) < 4.78 is 16.3. The van der Waals surface area contributed by atoms with Gasteiger partial charge in [0.1, 0.15) is 0 Å². The molecule has 0 radical (unpaired) electrons. The summed E-state index contributed by atoms with van der Waals surface area (Å²) >= 11 is 0. The molecule has 25 heavy (non-hydrogen) atoms. The molecule has 0 unspecified atom stereocenters. The van der Waals surface area contributed by atoms with Crippen molar-refractivity contribution in [3.63, 3.8) is 0 Å². The molecule has 0 bridgehead atoms. The predicted octanol–water partition coefficient (Wildman–Crippen LogP) is 2.54. The third kappa shape index (κ3) is 10.2. The van der Waals surface area contributed by atoms with Crippen LogP contribution in [0.4, 0.5) is 0 Å². The van der Waals surface area contributed by atoms with E-state index in [1.165, 1.54) is 0 Å². The highest BCUT2D eigenvalue weighted by Crippen LogP contribution is 2.28. The van der Waals surface area contributed by atoms with Crippen molar-refractivity contribution in [3.05, 3.63) is 23.8 Å². The molecule has 0 saturated heterocycles. The summed E-state index contributed by atoms with van der Waals surface area (Å²) in [5.74, 6) is 1.06. The monoisotopic (exact) mass is 374 g/mol. The van der Waals surface area contributed by atoms with Crippen molar-refractivity contribution in [1.82, 2.24) is 10.6 Å². The first-order chi connectivity index (χ1) is 11.4. The highest BCUT2D eigenvalue weighted by Gasteiger charge is 2.15. The van der Waals surface area contributed by atoms with Crippen molar-refractivity contribution in [1.29, 1.82) is 0 Å². The lowest BCUT2D eigenvalue weighted by Gasteiger charge is -2.21. The Morgan fingerprint density at radius 1 is 1.16 bits per heavy atom. The molecule has 0 aliphatic heterocycles. The average molecular weight is 375 g/mol. The van der Waals surface area contributed by atoms with Gasteiger partial charge in [-0.2, -0.15) is 0 Å². The van der Waals surface area contributed by atoms with Crippen LogP contribution in [0.3, 0.4) is 0 Å². The van der Waals surface area contributed by atoms with Gasteiger partial charge in [-0.3, -0.25) is 4.79 Å². The minimum Gasteiger partial charge on any atom is -0.490 e. The fraction of sp³-hybridized carbons (Fsp3) is 0.611. The van der Waals surface area contributed by atoms with Gasteiger partial charge in [0, 0.05) is 25.7 Å². The van der Waals surface area contributed by atoms with Gasteiger partial charge in [-0.15, -0.1) is 12.4 Å². The third-order valence-electron chi connectivity index (χ3n) is 2.99. The second-order valence-electron chi connectivity index (χ2n) is 6.47. The number of hydrogen-bond acceptors (Lipinski definition) is 5. The van der Waals surface area contributed by atoms with Gasteiger partial charge in [0.15, 0.2) is 18.1 Å². The van der Waals surface area contributed by atoms with E-state index in [0.717, 1.165) is 12.1 Å². The van der Waals surface area contributed by atoms with Crippen molar-refractivity contribution in [2.45, 2.75) is 39.8 Å². The van der Waals surface area contributed by atoms with Crippen molar-refractivity contribution < 1.29 is 19.0 Å². The van der Waals surface area contributed by atoms with Crippen LogP contribution in [0.25, 0.3) is 0 Å². The zero-order valence-corrected chi connectivity index (χ0v) is 16.6. The van der Waals surface area contributed by atoms with Crippen LogP contribution in [-0.4, -0.2) is 44.9 Å². The molecule has 1 rings (SSSR count). The maximum atomic E-state index is 11.9. The fourth-order valence-electron chi connectivity index (χ4n) is 2.05. The Labute approximate surface area is 157 Å². The smallest absolute Gasteiger partial charge is 0.258 e. The van der Waals surface area contributed by atoms with Crippen LogP contribution in [0.15, 0.2) is 18.2 Å². The third-order valence-corrected chi connectivity index (χ3v) is 2.99. The number of hydrogen-bond donors (Lipinski definition) is 2. The number of carbonyl (C=O) groups excluding carboxylic acids is 1. The van der Waals surface area contributed by atoms with E-state index in [1.807, 2.05) is 45.9 Å². The first-order valence-corrected chi connectivity index (χ1v) is 8.25. The molecule has 0 heterocycles. The highest BCUT2D eigenvalue weighted by atomic mass is 35.5. The topological polar surface area (TPSA) is 68.8 Å². The lowest BCUT2D eigenvalue weighted by Crippen LogP contribution is -2.43. The lowest BCUT2D eigenvalue weighted by atomic mass is 10.1. The van der Waals surface area contributed by atoms with E-state index in [-0.39, 0.29) is 30.5 Å². The van der Waals surface area contributed by atoms with Crippen molar-refractivity contribution in [2.75, 3.05) is 33.5 Å².